The average Bonchev–Trinajstić information content (AvgIpc) is 2.76. The van der Waals surface area contributed by atoms with Gasteiger partial charge in [0.2, 0.25) is 0 Å². The Morgan fingerprint density at radius 1 is 1.35 bits per heavy atom. The number of hydrogen-bond acceptors (Lipinski definition) is 5. The summed E-state index contributed by atoms with van der Waals surface area (Å²) in [6.07, 6.45) is 0. The minimum Gasteiger partial charge on any atom is -0.462 e. The van der Waals surface area contributed by atoms with Crippen LogP contribution in [0, 0.1) is 6.92 Å². The molecule has 0 unspecified atom stereocenters. The molecule has 2 aromatic rings. The number of rotatable bonds is 3. The third-order valence-electron chi connectivity index (χ3n) is 2.17. The van der Waals surface area contributed by atoms with Gasteiger partial charge in [0.15, 0.2) is 5.82 Å². The molecule has 0 spiro atoms. The van der Waals surface area contributed by atoms with Gasteiger partial charge in [0.25, 0.3) is 5.89 Å². The smallest absolute Gasteiger partial charge is 0.338 e. The normalized spacial score (nSPS) is 10.2. The fraction of sp³-hybridized carbons (Fsp3) is 0.250. The number of esters is 1. The van der Waals surface area contributed by atoms with Crippen LogP contribution in [0.4, 0.5) is 0 Å². The highest BCUT2D eigenvalue weighted by atomic mass is 16.5. The highest BCUT2D eigenvalue weighted by molar-refractivity contribution is 5.89. The predicted molar refractivity (Wildman–Crippen MR) is 60.4 cm³/mol. The molecule has 17 heavy (non-hydrogen) atoms. The molecule has 1 heterocycles. The fourth-order valence-corrected chi connectivity index (χ4v) is 1.38. The molecule has 0 aliphatic carbocycles. The zero-order valence-corrected chi connectivity index (χ0v) is 9.64. The van der Waals surface area contributed by atoms with E-state index in [4.69, 9.17) is 9.26 Å². The minimum absolute atomic E-state index is 0.333. The van der Waals surface area contributed by atoms with Crippen molar-refractivity contribution in [3.05, 3.63) is 35.7 Å². The van der Waals surface area contributed by atoms with Crippen molar-refractivity contribution in [2.45, 2.75) is 13.8 Å². The van der Waals surface area contributed by atoms with Crippen molar-refractivity contribution >= 4 is 5.97 Å². The molecule has 0 bridgehead atoms. The van der Waals surface area contributed by atoms with Crippen LogP contribution < -0.4 is 0 Å². The van der Waals surface area contributed by atoms with Gasteiger partial charge in [-0.3, -0.25) is 0 Å². The summed E-state index contributed by atoms with van der Waals surface area (Å²) in [6, 6.07) is 6.85. The van der Waals surface area contributed by atoms with Crippen LogP contribution in [0.1, 0.15) is 23.1 Å². The van der Waals surface area contributed by atoms with E-state index >= 15 is 0 Å². The summed E-state index contributed by atoms with van der Waals surface area (Å²) < 4.78 is 9.91. The van der Waals surface area contributed by atoms with E-state index in [1.807, 2.05) is 0 Å². The van der Waals surface area contributed by atoms with E-state index in [-0.39, 0.29) is 5.97 Å². The van der Waals surface area contributed by atoms with Gasteiger partial charge in [-0.1, -0.05) is 5.16 Å². The second kappa shape index (κ2) is 4.78. The summed E-state index contributed by atoms with van der Waals surface area (Å²) in [5, 5.41) is 3.70. The molecule has 0 amide bonds. The second-order valence-corrected chi connectivity index (χ2v) is 3.44. The van der Waals surface area contributed by atoms with Crippen LogP contribution in [0.3, 0.4) is 0 Å². The lowest BCUT2D eigenvalue weighted by atomic mass is 10.1. The number of aryl methyl sites for hydroxylation is 1. The Labute approximate surface area is 98.4 Å². The third-order valence-corrected chi connectivity index (χ3v) is 2.17. The van der Waals surface area contributed by atoms with Crippen molar-refractivity contribution in [3.8, 4) is 11.5 Å². The SMILES string of the molecule is CCOC(=O)c1ccc(-c2nc(C)no2)cc1. The molecule has 88 valence electrons. The third kappa shape index (κ3) is 2.50. The zero-order valence-electron chi connectivity index (χ0n) is 9.64. The first-order chi connectivity index (χ1) is 8.20. The van der Waals surface area contributed by atoms with E-state index in [1.54, 1.807) is 38.1 Å². The van der Waals surface area contributed by atoms with Crippen LogP contribution >= 0.6 is 0 Å². The molecule has 0 radical (unpaired) electrons. The van der Waals surface area contributed by atoms with Gasteiger partial charge in [-0.05, 0) is 38.1 Å². The van der Waals surface area contributed by atoms with Gasteiger partial charge in [-0.25, -0.2) is 4.79 Å². The summed E-state index contributed by atoms with van der Waals surface area (Å²) in [5.41, 5.74) is 1.28. The van der Waals surface area contributed by atoms with Gasteiger partial charge in [-0.2, -0.15) is 4.98 Å². The zero-order chi connectivity index (χ0) is 12.3. The van der Waals surface area contributed by atoms with E-state index in [2.05, 4.69) is 10.1 Å². The molecule has 0 atom stereocenters. The Morgan fingerprint density at radius 3 is 2.59 bits per heavy atom. The number of ether oxygens (including phenoxy) is 1. The van der Waals surface area contributed by atoms with Gasteiger partial charge < -0.3 is 9.26 Å². The standard InChI is InChI=1S/C12H12N2O3/c1-3-16-12(15)10-6-4-9(5-7-10)11-13-8(2)14-17-11/h4-7H,3H2,1-2H3. The number of carbonyl (C=O) groups excluding carboxylic acids is 1. The first-order valence-corrected chi connectivity index (χ1v) is 5.28. The molecule has 1 aromatic carbocycles. The van der Waals surface area contributed by atoms with Crippen molar-refractivity contribution in [1.82, 2.24) is 10.1 Å². The maximum absolute atomic E-state index is 11.4. The van der Waals surface area contributed by atoms with Crippen LogP contribution in [-0.4, -0.2) is 22.7 Å². The Balaban J connectivity index is 2.21. The lowest BCUT2D eigenvalue weighted by Gasteiger charge is -2.01. The van der Waals surface area contributed by atoms with Gasteiger partial charge >= 0.3 is 5.97 Å². The quantitative estimate of drug-likeness (QED) is 0.759. The number of aromatic nitrogens is 2. The fourth-order valence-electron chi connectivity index (χ4n) is 1.38. The van der Waals surface area contributed by atoms with E-state index < -0.39 is 0 Å². The van der Waals surface area contributed by atoms with Gasteiger partial charge in [-0.15, -0.1) is 0 Å². The number of nitrogens with zero attached hydrogens (tertiary/aromatic N) is 2. The van der Waals surface area contributed by atoms with Crippen molar-refractivity contribution in [2.24, 2.45) is 0 Å². The first-order valence-electron chi connectivity index (χ1n) is 5.28. The lowest BCUT2D eigenvalue weighted by molar-refractivity contribution is 0.0526. The number of benzene rings is 1. The number of carbonyl (C=O) groups is 1. The van der Waals surface area contributed by atoms with E-state index in [0.29, 0.717) is 23.9 Å². The molecular weight excluding hydrogens is 220 g/mol. The first kappa shape index (κ1) is 11.3. The molecule has 2 rings (SSSR count). The molecule has 0 saturated heterocycles. The van der Waals surface area contributed by atoms with E-state index in [0.717, 1.165) is 5.56 Å². The lowest BCUT2D eigenvalue weighted by Crippen LogP contribution is -2.03. The Kier molecular flexibility index (Phi) is 3.18. The van der Waals surface area contributed by atoms with Crippen LogP contribution in [0.25, 0.3) is 11.5 Å². The largest absolute Gasteiger partial charge is 0.462 e. The van der Waals surface area contributed by atoms with Crippen LogP contribution in [0.2, 0.25) is 0 Å². The molecule has 0 aliphatic heterocycles. The van der Waals surface area contributed by atoms with Crippen LogP contribution in [0.5, 0.6) is 0 Å². The molecule has 0 N–H and O–H groups in total. The molecule has 5 nitrogen and oxygen atoms in total. The highest BCUT2D eigenvalue weighted by Crippen LogP contribution is 2.17. The Hall–Kier alpha value is -2.17. The molecule has 5 heteroatoms. The summed E-state index contributed by atoms with van der Waals surface area (Å²) in [4.78, 5) is 15.5. The molecule has 0 saturated carbocycles. The average molecular weight is 232 g/mol. The van der Waals surface area contributed by atoms with E-state index in [1.165, 1.54) is 0 Å². The van der Waals surface area contributed by atoms with Crippen molar-refractivity contribution in [3.63, 3.8) is 0 Å². The summed E-state index contributed by atoms with van der Waals surface area (Å²) in [7, 11) is 0. The van der Waals surface area contributed by atoms with Crippen LogP contribution in [-0.2, 0) is 4.74 Å². The monoisotopic (exact) mass is 232 g/mol. The minimum atomic E-state index is -0.333. The van der Waals surface area contributed by atoms with Crippen LogP contribution in [0.15, 0.2) is 28.8 Å². The predicted octanol–water partition coefficient (Wildman–Crippen LogP) is 2.22. The topological polar surface area (TPSA) is 65.2 Å². The Bertz CT molecular complexity index is 517. The van der Waals surface area contributed by atoms with Gasteiger partial charge in [0, 0.05) is 5.56 Å². The molecular formula is C12H12N2O3. The van der Waals surface area contributed by atoms with Crippen molar-refractivity contribution in [2.75, 3.05) is 6.61 Å². The van der Waals surface area contributed by atoms with Gasteiger partial charge in [0.05, 0.1) is 12.2 Å². The maximum Gasteiger partial charge on any atom is 0.338 e. The summed E-state index contributed by atoms with van der Waals surface area (Å²) >= 11 is 0. The highest BCUT2D eigenvalue weighted by Gasteiger charge is 2.09. The second-order valence-electron chi connectivity index (χ2n) is 3.44. The van der Waals surface area contributed by atoms with Crippen molar-refractivity contribution < 1.29 is 14.1 Å². The van der Waals surface area contributed by atoms with Crippen molar-refractivity contribution in [1.29, 1.82) is 0 Å². The Morgan fingerprint density at radius 2 is 2.06 bits per heavy atom. The summed E-state index contributed by atoms with van der Waals surface area (Å²) in [5.74, 6) is 0.688. The maximum atomic E-state index is 11.4. The number of hydrogen-bond donors (Lipinski definition) is 0. The molecule has 0 fully saturated rings. The molecule has 0 aliphatic rings. The van der Waals surface area contributed by atoms with Gasteiger partial charge in [0.1, 0.15) is 0 Å². The summed E-state index contributed by atoms with van der Waals surface area (Å²) in [6.45, 7) is 3.89. The van der Waals surface area contributed by atoms with E-state index in [9.17, 15) is 4.79 Å². The molecule has 1 aromatic heterocycles.